The summed E-state index contributed by atoms with van der Waals surface area (Å²) in [4.78, 5) is 35.8. The minimum absolute atomic E-state index is 0.0146. The van der Waals surface area contributed by atoms with Crippen molar-refractivity contribution in [2.45, 2.75) is 53.4 Å². The number of likely N-dealkylation sites (tertiary alicyclic amines) is 1. The number of fused-ring (bicyclic) bond motifs is 1. The first kappa shape index (κ1) is 38.2. The van der Waals surface area contributed by atoms with E-state index >= 15 is 0 Å². The van der Waals surface area contributed by atoms with Gasteiger partial charge >= 0.3 is 5.51 Å². The van der Waals surface area contributed by atoms with E-state index in [1.807, 2.05) is 36.4 Å². The first-order valence-corrected chi connectivity index (χ1v) is 19.1. The number of H-pyrrole nitrogens is 1. The van der Waals surface area contributed by atoms with Crippen molar-refractivity contribution >= 4 is 49.9 Å². The second kappa shape index (κ2) is 16.1. The van der Waals surface area contributed by atoms with Gasteiger partial charge in [0.05, 0.1) is 21.8 Å². The Morgan fingerprint density at radius 2 is 1.31 bits per heavy atom. The third-order valence-corrected chi connectivity index (χ3v) is 11.8. The van der Waals surface area contributed by atoms with Crippen LogP contribution in [-0.2, 0) is 27.6 Å². The Kier molecular flexibility index (Phi) is 12.0. The fourth-order valence-corrected chi connectivity index (χ4v) is 8.14. The zero-order valence-corrected chi connectivity index (χ0v) is 30.3. The molecule has 6 rings (SSSR count). The Morgan fingerprint density at radius 3 is 1.80 bits per heavy atom. The van der Waals surface area contributed by atoms with Crippen LogP contribution in [0.1, 0.15) is 34.3 Å². The van der Waals surface area contributed by atoms with Crippen LogP contribution in [0.5, 0.6) is 0 Å². The number of piperidine rings is 1. The van der Waals surface area contributed by atoms with Gasteiger partial charge in [0.25, 0.3) is 5.56 Å². The highest BCUT2D eigenvalue weighted by molar-refractivity contribution is 7.97. The van der Waals surface area contributed by atoms with E-state index in [1.165, 1.54) is 25.8 Å². The average molecular weight is 756 g/mol. The molecule has 0 spiro atoms. The number of aryl methyl sites for hydroxylation is 2. The molecule has 51 heavy (non-hydrogen) atoms. The minimum Gasteiger partial charge on any atom is -0.741 e. The van der Waals surface area contributed by atoms with Crippen molar-refractivity contribution in [3.05, 3.63) is 129 Å². The standard InChI is InChI=1S/C36H35N3O2S2.CHF3O3S/c1-25-7-13-29(14-8-25)43(30-15-9-26(2)10-16-30)31-17-11-27(12-18-31)34(40)28-19-21-38(22-20-28)23-24-39-35(41)32-5-3-4-6-33(32)37-36(39)42;2-1(3,4)8(5,6)7/h3-18,28H,19-24H2,1-2H3;(H,5,6,7). The molecule has 5 aromatic rings. The lowest BCUT2D eigenvalue weighted by Crippen LogP contribution is -2.39. The summed E-state index contributed by atoms with van der Waals surface area (Å²) in [6, 6.07) is 33.3. The van der Waals surface area contributed by atoms with Gasteiger partial charge < -0.3 is 14.4 Å². The number of alkyl halides is 3. The number of rotatable bonds is 8. The summed E-state index contributed by atoms with van der Waals surface area (Å²) in [7, 11) is -6.33. The highest BCUT2D eigenvalue weighted by atomic mass is 32.2. The van der Waals surface area contributed by atoms with Crippen LogP contribution in [0.2, 0.25) is 0 Å². The lowest BCUT2D eigenvalue weighted by Gasteiger charge is -2.31. The summed E-state index contributed by atoms with van der Waals surface area (Å²) >= 11 is 5.48. The van der Waals surface area contributed by atoms with Crippen molar-refractivity contribution < 1.29 is 30.9 Å². The Labute approximate surface area is 302 Å². The third kappa shape index (κ3) is 9.43. The molecule has 0 bridgehead atoms. The normalized spacial score (nSPS) is 14.3. The van der Waals surface area contributed by atoms with Crippen LogP contribution in [0.15, 0.2) is 117 Å². The van der Waals surface area contributed by atoms with Crippen LogP contribution in [0.25, 0.3) is 10.9 Å². The lowest BCUT2D eigenvalue weighted by atomic mass is 9.89. The molecule has 1 aliphatic rings. The molecule has 0 aliphatic carbocycles. The Morgan fingerprint density at radius 1 is 0.843 bits per heavy atom. The fraction of sp³-hybridized carbons (Fsp3) is 0.270. The summed E-state index contributed by atoms with van der Waals surface area (Å²) in [5.74, 6) is 0.241. The zero-order valence-electron chi connectivity index (χ0n) is 27.9. The highest BCUT2D eigenvalue weighted by Crippen LogP contribution is 2.32. The van der Waals surface area contributed by atoms with Crippen molar-refractivity contribution in [2.24, 2.45) is 5.92 Å². The van der Waals surface area contributed by atoms with Crippen LogP contribution in [-0.4, -0.2) is 58.3 Å². The van der Waals surface area contributed by atoms with Gasteiger partial charge in [0.1, 0.15) is 0 Å². The molecule has 0 unspecified atom stereocenters. The van der Waals surface area contributed by atoms with Gasteiger partial charge in [-0.3, -0.25) is 14.2 Å². The summed E-state index contributed by atoms with van der Waals surface area (Å²) in [5, 5.41) is 0.649. The van der Waals surface area contributed by atoms with Crippen molar-refractivity contribution in [3.8, 4) is 0 Å². The SMILES string of the molecule is Cc1ccc([S+](c2ccc(C)cc2)c2ccc(C(=O)C3CCN(CCn4c(=S)[nH]c5ccccc5c4=O)CC3)cc2)cc1.O=S(=O)([O-])C(F)(F)F. The van der Waals surface area contributed by atoms with Gasteiger partial charge in [0, 0.05) is 24.6 Å². The summed E-state index contributed by atoms with van der Waals surface area (Å²) in [5.41, 5.74) is -1.66. The van der Waals surface area contributed by atoms with E-state index < -0.39 is 15.6 Å². The third-order valence-electron chi connectivity index (χ3n) is 8.66. The molecule has 1 saturated heterocycles. The van der Waals surface area contributed by atoms with Crippen LogP contribution in [0, 0.1) is 24.5 Å². The van der Waals surface area contributed by atoms with Gasteiger partial charge in [-0.25, -0.2) is 8.42 Å². The molecule has 1 aromatic heterocycles. The molecule has 1 fully saturated rings. The number of nitrogens with zero attached hydrogens (tertiary/aromatic N) is 2. The van der Waals surface area contributed by atoms with E-state index in [2.05, 4.69) is 84.4 Å². The van der Waals surface area contributed by atoms with E-state index in [1.54, 1.807) is 4.57 Å². The van der Waals surface area contributed by atoms with Gasteiger partial charge in [-0.05, 0) is 113 Å². The topological polar surface area (TPSA) is 115 Å². The fourth-order valence-electron chi connectivity index (χ4n) is 5.81. The molecule has 1 aliphatic heterocycles. The molecule has 0 amide bonds. The van der Waals surface area contributed by atoms with E-state index in [0.29, 0.717) is 16.7 Å². The number of hydrogen-bond acceptors (Lipinski definition) is 7. The molecule has 14 heteroatoms. The van der Waals surface area contributed by atoms with Crippen molar-refractivity contribution in [2.75, 3.05) is 19.6 Å². The molecular weight excluding hydrogens is 720 g/mol. The number of aromatic amines is 1. The smallest absolute Gasteiger partial charge is 0.485 e. The first-order chi connectivity index (χ1) is 24.1. The van der Waals surface area contributed by atoms with Gasteiger partial charge in [0.15, 0.2) is 35.4 Å². The maximum atomic E-state index is 13.5. The number of hydrogen-bond donors (Lipinski definition) is 1. The first-order valence-electron chi connectivity index (χ1n) is 16.1. The molecule has 2 heterocycles. The Hall–Kier alpha value is -4.08. The second-order valence-electron chi connectivity index (χ2n) is 12.3. The number of para-hydroxylation sites is 1. The van der Waals surface area contributed by atoms with E-state index in [9.17, 15) is 22.8 Å². The maximum Gasteiger partial charge on any atom is 0.485 e. The predicted molar refractivity (Wildman–Crippen MR) is 194 cm³/mol. The number of nitrogens with one attached hydrogen (secondary N) is 1. The van der Waals surface area contributed by atoms with Crippen LogP contribution < -0.4 is 5.56 Å². The van der Waals surface area contributed by atoms with Gasteiger partial charge in [-0.2, -0.15) is 13.2 Å². The average Bonchev–Trinajstić information content (AvgIpc) is 3.10. The van der Waals surface area contributed by atoms with E-state index in [0.717, 1.165) is 43.6 Å². The lowest BCUT2D eigenvalue weighted by molar-refractivity contribution is -0.0517. The van der Waals surface area contributed by atoms with E-state index in [4.69, 9.17) is 25.2 Å². The van der Waals surface area contributed by atoms with Crippen LogP contribution in [0.4, 0.5) is 13.2 Å². The molecule has 8 nitrogen and oxygen atoms in total. The van der Waals surface area contributed by atoms with E-state index in [-0.39, 0.29) is 28.2 Å². The number of carbonyl (C=O) groups excluding carboxylic acids is 1. The number of carbonyl (C=O) groups is 1. The quantitative estimate of drug-likeness (QED) is 0.0577. The number of ketones is 1. The molecular formula is C37H36F3N3O5S3. The van der Waals surface area contributed by atoms with Gasteiger partial charge in [-0.15, -0.1) is 0 Å². The molecule has 268 valence electrons. The Balaban J connectivity index is 0.000000565. The number of aromatic nitrogens is 2. The van der Waals surface area contributed by atoms with Crippen LogP contribution in [0.3, 0.4) is 0 Å². The molecule has 1 N–H and O–H groups in total. The summed E-state index contributed by atoms with van der Waals surface area (Å²) in [6.45, 7) is 7.14. The summed E-state index contributed by atoms with van der Waals surface area (Å²) in [6.07, 6.45) is 1.63. The zero-order chi connectivity index (χ0) is 36.9. The van der Waals surface area contributed by atoms with Gasteiger partial charge in [-0.1, -0.05) is 47.5 Å². The highest BCUT2D eigenvalue weighted by Gasteiger charge is 2.37. The number of Topliss-reactive ketones (excluding diaryl/α,β-unsaturated/α-hetero) is 1. The predicted octanol–water partition coefficient (Wildman–Crippen LogP) is 7.42. The molecule has 0 atom stereocenters. The molecule has 0 saturated carbocycles. The number of halogens is 3. The monoisotopic (exact) mass is 755 g/mol. The van der Waals surface area contributed by atoms with Crippen molar-refractivity contribution in [1.29, 1.82) is 0 Å². The molecule has 4 aromatic carbocycles. The van der Waals surface area contributed by atoms with Crippen molar-refractivity contribution in [1.82, 2.24) is 14.5 Å². The van der Waals surface area contributed by atoms with Crippen molar-refractivity contribution in [3.63, 3.8) is 0 Å². The number of benzene rings is 4. The minimum atomic E-state index is -6.09. The second-order valence-corrected chi connectivity index (χ2v) is 16.1. The molecule has 0 radical (unpaired) electrons. The maximum absolute atomic E-state index is 13.5. The Bertz CT molecular complexity index is 2170. The summed E-state index contributed by atoms with van der Waals surface area (Å²) < 4.78 is 61.0. The van der Waals surface area contributed by atoms with Crippen LogP contribution >= 0.6 is 12.2 Å². The van der Waals surface area contributed by atoms with Gasteiger partial charge in [0.2, 0.25) is 0 Å². The largest absolute Gasteiger partial charge is 0.741 e.